The van der Waals surface area contributed by atoms with Crippen LogP contribution in [0.4, 0.5) is 11.5 Å². The molecule has 136 valence electrons. The Labute approximate surface area is 153 Å². The first-order valence-corrected chi connectivity index (χ1v) is 8.48. The normalized spacial score (nSPS) is 12.1. The van der Waals surface area contributed by atoms with Crippen molar-refractivity contribution in [1.82, 2.24) is 15.3 Å². The van der Waals surface area contributed by atoms with Gasteiger partial charge in [0.1, 0.15) is 12.1 Å². The van der Waals surface area contributed by atoms with Crippen LogP contribution in [0.25, 0.3) is 10.9 Å². The van der Waals surface area contributed by atoms with Gasteiger partial charge in [-0.25, -0.2) is 9.97 Å². The molecule has 0 aliphatic heterocycles. The predicted molar refractivity (Wildman–Crippen MR) is 108 cm³/mol. The highest BCUT2D eigenvalue weighted by Crippen LogP contribution is 2.22. The number of rotatable bonds is 8. The Morgan fingerprint density at radius 1 is 1.31 bits per heavy atom. The first-order valence-electron chi connectivity index (χ1n) is 8.48. The molecular weight excluding hydrogens is 326 g/mol. The lowest BCUT2D eigenvalue weighted by Gasteiger charge is -2.10. The number of nitrogens with two attached hydrogens (primary N) is 1. The van der Waals surface area contributed by atoms with E-state index in [1.165, 1.54) is 11.9 Å². The van der Waals surface area contributed by atoms with Gasteiger partial charge in [0.15, 0.2) is 0 Å². The van der Waals surface area contributed by atoms with Gasteiger partial charge in [-0.1, -0.05) is 23.8 Å². The van der Waals surface area contributed by atoms with Crippen LogP contribution in [-0.4, -0.2) is 29.5 Å². The molecule has 0 aliphatic carbocycles. The predicted octanol–water partition coefficient (Wildman–Crippen LogP) is 3.21. The van der Waals surface area contributed by atoms with E-state index in [9.17, 15) is 4.79 Å². The highest BCUT2D eigenvalue weighted by Gasteiger charge is 2.04. The molecule has 1 aromatic heterocycles. The second-order valence-corrected chi connectivity index (χ2v) is 5.92. The molecule has 0 unspecified atom stereocenters. The quantitative estimate of drug-likeness (QED) is 0.294. The van der Waals surface area contributed by atoms with E-state index < -0.39 is 0 Å². The maximum atomic E-state index is 11.6. The number of aromatic nitrogens is 2. The van der Waals surface area contributed by atoms with Crippen LogP contribution in [0.3, 0.4) is 0 Å². The Hall–Kier alpha value is -3.15. The molecule has 4 N–H and O–H groups in total. The van der Waals surface area contributed by atoms with Gasteiger partial charge in [0.2, 0.25) is 5.91 Å². The maximum absolute atomic E-state index is 11.6. The van der Waals surface area contributed by atoms with Crippen molar-refractivity contribution in [3.05, 3.63) is 60.5 Å². The lowest BCUT2D eigenvalue weighted by molar-refractivity contribution is -0.116. The van der Waals surface area contributed by atoms with E-state index in [2.05, 4.69) is 27.2 Å². The van der Waals surface area contributed by atoms with Gasteiger partial charge in [-0.05, 0) is 38.0 Å². The molecule has 1 aromatic carbocycles. The molecule has 26 heavy (non-hydrogen) atoms. The van der Waals surface area contributed by atoms with E-state index in [0.29, 0.717) is 17.8 Å². The number of benzene rings is 1. The fourth-order valence-electron chi connectivity index (χ4n) is 2.51. The monoisotopic (exact) mass is 351 g/mol. The summed E-state index contributed by atoms with van der Waals surface area (Å²) in [6, 6.07) is 5.58. The fraction of sp³-hybridized carbons (Fsp3) is 0.250. The van der Waals surface area contributed by atoms with Gasteiger partial charge in [0.05, 0.1) is 5.52 Å². The van der Waals surface area contributed by atoms with Crippen molar-refractivity contribution in [3.8, 4) is 0 Å². The van der Waals surface area contributed by atoms with E-state index in [4.69, 9.17) is 5.73 Å². The number of fused-ring (bicyclic) bond motifs is 1. The smallest absolute Gasteiger partial charge is 0.246 e. The number of nitrogens with one attached hydrogen (secondary N) is 2. The standard InChI is InChI=1S/C20H25N5O/c1-4-5-15(7-6-14(2)20(26)22-3)10-11-23-19-17-12-16(21)8-9-18(17)24-13-25-19/h4,6-9,12-13H,1,5,10-11,21H2,2-3H3,(H,22,26)(H,23,24,25)/b14-6+,15-7+. The minimum Gasteiger partial charge on any atom is -0.399 e. The molecule has 0 bridgehead atoms. The van der Waals surface area contributed by atoms with Crippen molar-refractivity contribution in [2.45, 2.75) is 19.8 Å². The Bertz CT molecular complexity index is 854. The summed E-state index contributed by atoms with van der Waals surface area (Å²) in [6.07, 6.45) is 8.77. The molecule has 6 heteroatoms. The minimum absolute atomic E-state index is 0.0811. The van der Waals surface area contributed by atoms with E-state index in [0.717, 1.165) is 29.6 Å². The number of allylic oxidation sites excluding steroid dienone is 3. The van der Waals surface area contributed by atoms with Gasteiger partial charge in [-0.15, -0.1) is 6.58 Å². The Balaban J connectivity index is 2.07. The molecule has 0 fully saturated rings. The average molecular weight is 351 g/mol. The number of carbonyl (C=O) groups is 1. The van der Waals surface area contributed by atoms with E-state index in [-0.39, 0.29) is 5.91 Å². The van der Waals surface area contributed by atoms with Crippen LogP contribution >= 0.6 is 0 Å². The molecule has 0 spiro atoms. The first kappa shape index (κ1) is 19.2. The highest BCUT2D eigenvalue weighted by atomic mass is 16.1. The third kappa shape index (κ3) is 5.17. The molecule has 0 saturated heterocycles. The summed E-state index contributed by atoms with van der Waals surface area (Å²) in [7, 11) is 1.62. The van der Waals surface area contributed by atoms with Crippen LogP contribution in [0.1, 0.15) is 19.8 Å². The van der Waals surface area contributed by atoms with Crippen molar-refractivity contribution in [2.75, 3.05) is 24.6 Å². The molecule has 0 radical (unpaired) electrons. The lowest BCUT2D eigenvalue weighted by Crippen LogP contribution is -2.18. The second kappa shape index (κ2) is 9.36. The second-order valence-electron chi connectivity index (χ2n) is 5.92. The number of hydrogen-bond acceptors (Lipinski definition) is 5. The van der Waals surface area contributed by atoms with E-state index in [1.54, 1.807) is 14.0 Å². The summed E-state index contributed by atoms with van der Waals surface area (Å²) >= 11 is 0. The number of anilines is 2. The van der Waals surface area contributed by atoms with Crippen LogP contribution in [0.15, 0.2) is 60.5 Å². The van der Waals surface area contributed by atoms with Crippen LogP contribution in [0.2, 0.25) is 0 Å². The Kier molecular flexibility index (Phi) is 6.91. The molecule has 0 atom stereocenters. The first-order chi connectivity index (χ1) is 12.5. The molecule has 2 rings (SSSR count). The van der Waals surface area contributed by atoms with Gasteiger partial charge >= 0.3 is 0 Å². The summed E-state index contributed by atoms with van der Waals surface area (Å²) < 4.78 is 0. The zero-order chi connectivity index (χ0) is 18.9. The number of carbonyl (C=O) groups excluding carboxylic acids is 1. The minimum atomic E-state index is -0.0811. The third-order valence-corrected chi connectivity index (χ3v) is 3.96. The number of amides is 1. The van der Waals surface area contributed by atoms with Crippen LogP contribution in [-0.2, 0) is 4.79 Å². The molecule has 1 amide bonds. The number of hydrogen-bond donors (Lipinski definition) is 3. The van der Waals surface area contributed by atoms with Crippen LogP contribution < -0.4 is 16.4 Å². The lowest BCUT2D eigenvalue weighted by atomic mass is 10.1. The highest BCUT2D eigenvalue weighted by molar-refractivity contribution is 5.93. The van der Waals surface area contributed by atoms with Crippen molar-refractivity contribution in [1.29, 1.82) is 0 Å². The Morgan fingerprint density at radius 2 is 2.12 bits per heavy atom. The van der Waals surface area contributed by atoms with Crippen LogP contribution in [0, 0.1) is 0 Å². The summed E-state index contributed by atoms with van der Waals surface area (Å²) in [4.78, 5) is 20.1. The summed E-state index contributed by atoms with van der Waals surface area (Å²) in [5.41, 5.74) is 9.24. The molecule has 0 saturated carbocycles. The van der Waals surface area contributed by atoms with Gasteiger partial charge in [0, 0.05) is 30.2 Å². The SMILES string of the molecule is C=CC/C(=C\C=C(/C)C(=O)NC)CCNc1ncnc2ccc(N)cc12. The number of likely N-dealkylation sites (N-methyl/N-ethyl adjacent to an activating group) is 1. The summed E-state index contributed by atoms with van der Waals surface area (Å²) in [5, 5.41) is 6.86. The zero-order valence-electron chi connectivity index (χ0n) is 15.2. The largest absolute Gasteiger partial charge is 0.399 e. The Morgan fingerprint density at radius 3 is 2.85 bits per heavy atom. The van der Waals surface area contributed by atoms with Gasteiger partial charge in [-0.2, -0.15) is 0 Å². The van der Waals surface area contributed by atoms with E-state index in [1.807, 2.05) is 36.4 Å². The van der Waals surface area contributed by atoms with Gasteiger partial charge in [0.25, 0.3) is 0 Å². The average Bonchev–Trinajstić information content (AvgIpc) is 2.65. The van der Waals surface area contributed by atoms with Crippen molar-refractivity contribution < 1.29 is 4.79 Å². The summed E-state index contributed by atoms with van der Waals surface area (Å²) in [6.45, 7) is 6.29. The summed E-state index contributed by atoms with van der Waals surface area (Å²) in [5.74, 6) is 0.680. The van der Waals surface area contributed by atoms with Gasteiger partial charge in [-0.3, -0.25) is 4.79 Å². The molecule has 0 aliphatic rings. The van der Waals surface area contributed by atoms with Crippen molar-refractivity contribution in [3.63, 3.8) is 0 Å². The fourth-order valence-corrected chi connectivity index (χ4v) is 2.51. The van der Waals surface area contributed by atoms with Crippen molar-refractivity contribution >= 4 is 28.3 Å². The molecular formula is C20H25N5O. The van der Waals surface area contributed by atoms with Gasteiger partial charge < -0.3 is 16.4 Å². The maximum Gasteiger partial charge on any atom is 0.246 e. The zero-order valence-corrected chi connectivity index (χ0v) is 15.2. The molecule has 1 heterocycles. The van der Waals surface area contributed by atoms with Crippen LogP contribution in [0.5, 0.6) is 0 Å². The topological polar surface area (TPSA) is 92.9 Å². The third-order valence-electron chi connectivity index (χ3n) is 3.96. The molecule has 2 aromatic rings. The number of nitrogen functional groups attached to an aromatic ring is 1. The number of nitrogens with zero attached hydrogens (tertiary/aromatic N) is 2. The van der Waals surface area contributed by atoms with Crippen molar-refractivity contribution in [2.24, 2.45) is 0 Å². The van der Waals surface area contributed by atoms with E-state index >= 15 is 0 Å². The molecule has 6 nitrogen and oxygen atoms in total.